The summed E-state index contributed by atoms with van der Waals surface area (Å²) in [6.45, 7) is -0.0221. The van der Waals surface area contributed by atoms with E-state index in [2.05, 4.69) is 10.1 Å². The van der Waals surface area contributed by atoms with Gasteiger partial charge in [-0.1, -0.05) is 18.2 Å². The lowest BCUT2D eigenvalue weighted by atomic mass is 9.85. The first-order chi connectivity index (χ1) is 9.36. The Morgan fingerprint density at radius 1 is 1.35 bits per heavy atom. The van der Waals surface area contributed by atoms with Gasteiger partial charge in [-0.05, 0) is 11.6 Å². The number of carbonyl (C=O) groups is 2. The third-order valence-electron chi connectivity index (χ3n) is 3.30. The first kappa shape index (κ1) is 14.4. The van der Waals surface area contributed by atoms with E-state index in [1.54, 1.807) is 0 Å². The summed E-state index contributed by atoms with van der Waals surface area (Å²) in [7, 11) is 1.10. The fourth-order valence-corrected chi connectivity index (χ4v) is 2.39. The standard InChI is InChI=1S/C13H12F3NO3/c1-20-12(19)10-8(6-17-11(10)18)7-4-2-3-5-9(7)13(14,15)16/h2-5,8,10H,6H2,1H3,(H,17,18). The van der Waals surface area contributed by atoms with Gasteiger partial charge in [-0.25, -0.2) is 0 Å². The van der Waals surface area contributed by atoms with Gasteiger partial charge in [-0.2, -0.15) is 13.2 Å². The minimum absolute atomic E-state index is 0.0221. The summed E-state index contributed by atoms with van der Waals surface area (Å²) in [5.41, 5.74) is -0.913. The minimum atomic E-state index is -4.54. The molecular weight excluding hydrogens is 275 g/mol. The van der Waals surface area contributed by atoms with Gasteiger partial charge in [-0.3, -0.25) is 9.59 Å². The van der Waals surface area contributed by atoms with Crippen molar-refractivity contribution in [3.63, 3.8) is 0 Å². The molecule has 1 N–H and O–H groups in total. The van der Waals surface area contributed by atoms with Crippen LogP contribution in [0, 0.1) is 5.92 Å². The molecule has 0 spiro atoms. The van der Waals surface area contributed by atoms with Crippen molar-refractivity contribution in [2.24, 2.45) is 5.92 Å². The van der Waals surface area contributed by atoms with Gasteiger partial charge in [-0.15, -0.1) is 0 Å². The number of amides is 1. The van der Waals surface area contributed by atoms with E-state index in [4.69, 9.17) is 0 Å². The number of alkyl halides is 3. The van der Waals surface area contributed by atoms with Crippen LogP contribution in [0.2, 0.25) is 0 Å². The molecule has 1 heterocycles. The number of rotatable bonds is 2. The van der Waals surface area contributed by atoms with Gasteiger partial charge in [0.05, 0.1) is 12.7 Å². The van der Waals surface area contributed by atoms with Crippen LogP contribution >= 0.6 is 0 Å². The number of hydrogen-bond donors (Lipinski definition) is 1. The highest BCUT2D eigenvalue weighted by Crippen LogP contribution is 2.39. The average molecular weight is 287 g/mol. The smallest absolute Gasteiger partial charge is 0.416 e. The van der Waals surface area contributed by atoms with E-state index in [0.29, 0.717) is 0 Å². The van der Waals surface area contributed by atoms with Gasteiger partial charge in [0.25, 0.3) is 0 Å². The molecule has 0 aromatic heterocycles. The molecule has 0 radical (unpaired) electrons. The molecule has 1 aromatic rings. The molecule has 1 saturated heterocycles. The third-order valence-corrected chi connectivity index (χ3v) is 3.30. The lowest BCUT2D eigenvalue weighted by Crippen LogP contribution is -2.28. The Labute approximate surface area is 112 Å². The fraction of sp³-hybridized carbons (Fsp3) is 0.385. The highest BCUT2D eigenvalue weighted by Gasteiger charge is 2.45. The van der Waals surface area contributed by atoms with Crippen molar-refractivity contribution in [1.29, 1.82) is 0 Å². The summed E-state index contributed by atoms with van der Waals surface area (Å²) in [6.07, 6.45) is -4.54. The number of hydrogen-bond acceptors (Lipinski definition) is 3. The maximum absolute atomic E-state index is 13.0. The Bertz CT molecular complexity index is 542. The Morgan fingerprint density at radius 3 is 2.60 bits per heavy atom. The first-order valence-electron chi connectivity index (χ1n) is 5.88. The second-order valence-electron chi connectivity index (χ2n) is 4.44. The van der Waals surface area contributed by atoms with Gasteiger partial charge in [0, 0.05) is 12.5 Å². The van der Waals surface area contributed by atoms with Crippen molar-refractivity contribution in [3.8, 4) is 0 Å². The number of carbonyl (C=O) groups excluding carboxylic acids is 2. The molecule has 108 valence electrons. The largest absolute Gasteiger partial charge is 0.468 e. The molecule has 0 bridgehead atoms. The summed E-state index contributed by atoms with van der Waals surface area (Å²) in [5.74, 6) is -3.57. The molecular formula is C13H12F3NO3. The molecule has 1 aromatic carbocycles. The quantitative estimate of drug-likeness (QED) is 0.665. The lowest BCUT2D eigenvalue weighted by molar-refractivity contribution is -0.150. The summed E-state index contributed by atoms with van der Waals surface area (Å²) < 4.78 is 43.5. The second kappa shape index (κ2) is 5.15. The van der Waals surface area contributed by atoms with E-state index < -0.39 is 35.5 Å². The predicted octanol–water partition coefficient (Wildman–Crippen LogP) is 1.71. The summed E-state index contributed by atoms with van der Waals surface area (Å²) in [4.78, 5) is 23.2. The number of methoxy groups -OCH3 is 1. The number of esters is 1. The molecule has 1 aliphatic rings. The Kier molecular flexibility index (Phi) is 3.69. The van der Waals surface area contributed by atoms with E-state index in [-0.39, 0.29) is 12.1 Å². The molecule has 1 fully saturated rings. The Balaban J connectivity index is 2.46. The molecule has 4 nitrogen and oxygen atoms in total. The zero-order valence-electron chi connectivity index (χ0n) is 10.5. The highest BCUT2D eigenvalue weighted by molar-refractivity contribution is 6.00. The van der Waals surface area contributed by atoms with E-state index in [0.717, 1.165) is 13.2 Å². The van der Waals surface area contributed by atoms with E-state index >= 15 is 0 Å². The average Bonchev–Trinajstić information content (AvgIpc) is 2.78. The molecule has 20 heavy (non-hydrogen) atoms. The van der Waals surface area contributed by atoms with Crippen molar-refractivity contribution in [1.82, 2.24) is 5.32 Å². The van der Waals surface area contributed by atoms with Crippen LogP contribution in [0.1, 0.15) is 17.0 Å². The maximum Gasteiger partial charge on any atom is 0.416 e. The van der Waals surface area contributed by atoms with Crippen molar-refractivity contribution in [2.45, 2.75) is 12.1 Å². The Morgan fingerprint density at radius 2 is 2.00 bits per heavy atom. The minimum Gasteiger partial charge on any atom is -0.468 e. The molecule has 0 saturated carbocycles. The highest BCUT2D eigenvalue weighted by atomic mass is 19.4. The van der Waals surface area contributed by atoms with Gasteiger partial charge in [0.1, 0.15) is 5.92 Å². The SMILES string of the molecule is COC(=O)C1C(=O)NCC1c1ccccc1C(F)(F)F. The Hall–Kier alpha value is -2.05. The van der Waals surface area contributed by atoms with E-state index in [9.17, 15) is 22.8 Å². The fourth-order valence-electron chi connectivity index (χ4n) is 2.39. The number of nitrogens with one attached hydrogen (secondary N) is 1. The van der Waals surface area contributed by atoms with Crippen LogP contribution < -0.4 is 5.32 Å². The van der Waals surface area contributed by atoms with Gasteiger partial charge >= 0.3 is 12.1 Å². The molecule has 0 aliphatic carbocycles. The lowest BCUT2D eigenvalue weighted by Gasteiger charge is -2.19. The third kappa shape index (κ3) is 2.48. The molecule has 1 amide bonds. The first-order valence-corrected chi connectivity index (χ1v) is 5.88. The molecule has 7 heteroatoms. The molecule has 2 atom stereocenters. The van der Waals surface area contributed by atoms with Crippen LogP contribution in [-0.4, -0.2) is 25.5 Å². The van der Waals surface area contributed by atoms with Gasteiger partial charge < -0.3 is 10.1 Å². The zero-order chi connectivity index (χ0) is 14.9. The van der Waals surface area contributed by atoms with Gasteiger partial charge in [0.15, 0.2) is 0 Å². The van der Waals surface area contributed by atoms with E-state index in [1.807, 2.05) is 0 Å². The summed E-state index contributed by atoms with van der Waals surface area (Å²) >= 11 is 0. The monoisotopic (exact) mass is 287 g/mol. The van der Waals surface area contributed by atoms with Crippen LogP contribution in [-0.2, 0) is 20.5 Å². The van der Waals surface area contributed by atoms with Crippen molar-refractivity contribution in [3.05, 3.63) is 35.4 Å². The van der Waals surface area contributed by atoms with Crippen LogP contribution in [0.4, 0.5) is 13.2 Å². The maximum atomic E-state index is 13.0. The van der Waals surface area contributed by atoms with Crippen LogP contribution in [0.25, 0.3) is 0 Å². The second-order valence-corrected chi connectivity index (χ2v) is 4.44. The number of benzene rings is 1. The van der Waals surface area contributed by atoms with Gasteiger partial charge in [0.2, 0.25) is 5.91 Å². The van der Waals surface area contributed by atoms with E-state index in [1.165, 1.54) is 18.2 Å². The van der Waals surface area contributed by atoms with Crippen molar-refractivity contribution in [2.75, 3.05) is 13.7 Å². The predicted molar refractivity (Wildman–Crippen MR) is 62.7 cm³/mol. The number of ether oxygens (including phenoxy) is 1. The van der Waals surface area contributed by atoms with Crippen molar-refractivity contribution < 1.29 is 27.5 Å². The van der Waals surface area contributed by atoms with Crippen LogP contribution in [0.3, 0.4) is 0 Å². The summed E-state index contributed by atoms with van der Waals surface area (Å²) in [5, 5.41) is 2.40. The van der Waals surface area contributed by atoms with Crippen LogP contribution in [0.5, 0.6) is 0 Å². The van der Waals surface area contributed by atoms with Crippen LogP contribution in [0.15, 0.2) is 24.3 Å². The van der Waals surface area contributed by atoms with Crippen molar-refractivity contribution >= 4 is 11.9 Å². The topological polar surface area (TPSA) is 55.4 Å². The molecule has 1 aliphatic heterocycles. The molecule has 2 rings (SSSR count). The zero-order valence-corrected chi connectivity index (χ0v) is 10.5. The normalized spacial score (nSPS) is 22.5. The molecule has 2 unspecified atom stereocenters. The summed E-state index contributed by atoms with van der Waals surface area (Å²) in [6, 6.07) is 4.93. The number of halogens is 3.